The normalized spacial score (nSPS) is 29.8. The first-order chi connectivity index (χ1) is 13.1. The Morgan fingerprint density at radius 3 is 2.89 bits per heavy atom. The highest BCUT2D eigenvalue weighted by Gasteiger charge is 2.51. The summed E-state index contributed by atoms with van der Waals surface area (Å²) in [5, 5.41) is 2.64. The Bertz CT molecular complexity index is 781. The molecular weight excluding hydrogens is 356 g/mol. The molecule has 3 atom stereocenters. The van der Waals surface area contributed by atoms with Crippen LogP contribution in [0.3, 0.4) is 0 Å². The maximum Gasteiger partial charge on any atom is 0.408 e. The number of alkyl carbamates (subject to hydrolysis) is 1. The number of fused-ring (bicyclic) bond motifs is 3. The van der Waals surface area contributed by atoms with Crippen LogP contribution in [-0.2, 0) is 14.3 Å². The fourth-order valence-corrected chi connectivity index (χ4v) is 4.29. The van der Waals surface area contributed by atoms with Crippen molar-refractivity contribution in [2.75, 3.05) is 13.1 Å². The van der Waals surface area contributed by atoms with Crippen molar-refractivity contribution in [1.29, 1.82) is 0 Å². The minimum absolute atomic E-state index is 0.157. The van der Waals surface area contributed by atoms with Crippen molar-refractivity contribution in [2.45, 2.75) is 77.2 Å². The van der Waals surface area contributed by atoms with E-state index < -0.39 is 17.3 Å². The third kappa shape index (κ3) is 4.25. The zero-order chi connectivity index (χ0) is 20.5. The van der Waals surface area contributed by atoms with Crippen LogP contribution in [0.5, 0.6) is 0 Å². The van der Waals surface area contributed by atoms with Gasteiger partial charge < -0.3 is 14.8 Å². The first kappa shape index (κ1) is 20.5. The summed E-state index contributed by atoms with van der Waals surface area (Å²) in [6, 6.07) is 0.361. The van der Waals surface area contributed by atoms with E-state index in [1.807, 2.05) is 27.7 Å². The third-order valence-corrected chi connectivity index (χ3v) is 5.45. The number of hydrogen-bond donors (Lipinski definition) is 1. The van der Waals surface area contributed by atoms with Gasteiger partial charge >= 0.3 is 12.1 Å². The Balaban J connectivity index is 1.80. The van der Waals surface area contributed by atoms with Crippen molar-refractivity contribution in [3.63, 3.8) is 0 Å². The van der Waals surface area contributed by atoms with Gasteiger partial charge in [-0.2, -0.15) is 0 Å². The van der Waals surface area contributed by atoms with Gasteiger partial charge in [-0.15, -0.1) is 0 Å². The second kappa shape index (κ2) is 7.63. The topological polar surface area (TPSA) is 67.9 Å². The van der Waals surface area contributed by atoms with Gasteiger partial charge in [-0.1, -0.05) is 24.3 Å². The van der Waals surface area contributed by atoms with Gasteiger partial charge in [0.2, 0.25) is 0 Å². The molecule has 0 aliphatic carbocycles. The lowest BCUT2D eigenvalue weighted by Crippen LogP contribution is -2.55. The molecule has 1 N–H and O–H groups in total. The quantitative estimate of drug-likeness (QED) is 0.554. The Kier molecular flexibility index (Phi) is 5.58. The number of rotatable bonds is 1. The maximum atomic E-state index is 12.1. The largest absolute Gasteiger partial charge is 0.450 e. The van der Waals surface area contributed by atoms with E-state index in [4.69, 9.17) is 9.47 Å². The van der Waals surface area contributed by atoms with Gasteiger partial charge in [0.15, 0.2) is 5.60 Å². The van der Waals surface area contributed by atoms with Crippen molar-refractivity contribution < 1.29 is 19.1 Å². The van der Waals surface area contributed by atoms with Gasteiger partial charge in [-0.05, 0) is 54.0 Å². The number of carbonyl (C=O) groups excluding carboxylic acids is 2. The first-order valence-electron chi connectivity index (χ1n) is 9.99. The number of esters is 1. The van der Waals surface area contributed by atoms with Gasteiger partial charge in [0.25, 0.3) is 0 Å². The van der Waals surface area contributed by atoms with Crippen molar-refractivity contribution in [3.05, 3.63) is 23.3 Å². The smallest absolute Gasteiger partial charge is 0.408 e. The molecule has 3 aliphatic heterocycles. The molecule has 0 spiro atoms. The molecule has 6 heteroatoms. The van der Waals surface area contributed by atoms with E-state index in [1.165, 1.54) is 0 Å². The van der Waals surface area contributed by atoms with Gasteiger partial charge in [0.05, 0.1) is 12.6 Å². The summed E-state index contributed by atoms with van der Waals surface area (Å²) in [7, 11) is 0. The summed E-state index contributed by atoms with van der Waals surface area (Å²) in [4.78, 5) is 26.3. The zero-order valence-electron chi connectivity index (χ0n) is 17.4. The van der Waals surface area contributed by atoms with E-state index in [9.17, 15) is 9.59 Å². The second-order valence-electron chi connectivity index (χ2n) is 8.81. The van der Waals surface area contributed by atoms with Gasteiger partial charge in [-0.3, -0.25) is 4.90 Å². The number of carbonyl (C=O) groups is 2. The lowest BCUT2D eigenvalue weighted by molar-refractivity contribution is -0.151. The van der Waals surface area contributed by atoms with Crippen LogP contribution in [0.25, 0.3) is 0 Å². The van der Waals surface area contributed by atoms with E-state index >= 15 is 0 Å². The number of hydrogen-bond acceptors (Lipinski definition) is 5. The Morgan fingerprint density at radius 1 is 1.43 bits per heavy atom. The van der Waals surface area contributed by atoms with Crippen LogP contribution in [0.2, 0.25) is 0 Å². The van der Waals surface area contributed by atoms with Crippen LogP contribution >= 0.6 is 0 Å². The molecule has 1 fully saturated rings. The molecule has 3 aliphatic rings. The van der Waals surface area contributed by atoms with E-state index in [2.05, 4.69) is 35.1 Å². The zero-order valence-corrected chi connectivity index (χ0v) is 17.4. The van der Waals surface area contributed by atoms with Crippen LogP contribution in [-0.4, -0.2) is 53.3 Å². The van der Waals surface area contributed by atoms with E-state index in [1.54, 1.807) is 6.08 Å². The molecule has 0 aromatic carbocycles. The standard InChI is InChI=1S/C22H30N2O4/c1-15-13-16(9-8-11-23-20(26)28-21(2,3)4)17-14-19(25)27-22(17,5)18-10-6-7-12-24(15)18/h13-15,18H,6-7,10-12H2,1-5H3,(H,23,26)/t15-,18+,22-/m0/s1. The summed E-state index contributed by atoms with van der Waals surface area (Å²) in [5.41, 5.74) is 0.432. The van der Waals surface area contributed by atoms with Crippen molar-refractivity contribution in [1.82, 2.24) is 10.2 Å². The predicted octanol–water partition coefficient (Wildman–Crippen LogP) is 2.94. The predicted molar refractivity (Wildman–Crippen MR) is 106 cm³/mol. The molecule has 0 saturated carbocycles. The third-order valence-electron chi connectivity index (χ3n) is 5.45. The molecule has 6 nitrogen and oxygen atoms in total. The summed E-state index contributed by atoms with van der Waals surface area (Å²) in [6.07, 6.45) is 6.48. The highest BCUT2D eigenvalue weighted by molar-refractivity contribution is 5.89. The molecule has 152 valence electrons. The van der Waals surface area contributed by atoms with Crippen LogP contribution in [0.15, 0.2) is 23.3 Å². The molecule has 28 heavy (non-hydrogen) atoms. The summed E-state index contributed by atoms with van der Waals surface area (Å²) < 4.78 is 11.0. The average molecular weight is 386 g/mol. The number of amides is 1. The molecule has 0 radical (unpaired) electrons. The highest BCUT2D eigenvalue weighted by Crippen LogP contribution is 2.44. The number of piperidine rings is 1. The maximum absolute atomic E-state index is 12.1. The van der Waals surface area contributed by atoms with Crippen molar-refractivity contribution >= 4 is 12.1 Å². The van der Waals surface area contributed by atoms with Crippen molar-refractivity contribution in [2.24, 2.45) is 0 Å². The SMILES string of the molecule is C[C@H]1C=C(C#CCNC(=O)OC(C)(C)C)C2=CC(=O)O[C@]2(C)[C@H]2CCCCN12. The lowest BCUT2D eigenvalue weighted by atomic mass is 9.81. The fraction of sp³-hybridized carbons (Fsp3) is 0.636. The van der Waals surface area contributed by atoms with Crippen molar-refractivity contribution in [3.8, 4) is 11.8 Å². The van der Waals surface area contributed by atoms with Crippen LogP contribution < -0.4 is 5.32 Å². The van der Waals surface area contributed by atoms with Crippen LogP contribution in [0.1, 0.15) is 53.9 Å². The minimum atomic E-state index is -0.679. The number of nitrogens with zero attached hydrogens (tertiary/aromatic N) is 1. The molecular formula is C22H30N2O4. The summed E-state index contributed by atoms with van der Waals surface area (Å²) in [5.74, 6) is 5.83. The van der Waals surface area contributed by atoms with Gasteiger partial charge in [-0.25, -0.2) is 9.59 Å². The molecule has 0 bridgehead atoms. The fourth-order valence-electron chi connectivity index (χ4n) is 4.29. The number of nitrogens with one attached hydrogen (secondary N) is 1. The molecule has 0 unspecified atom stereocenters. The van der Waals surface area contributed by atoms with Gasteiger partial charge in [0.1, 0.15) is 5.60 Å². The molecule has 0 aromatic rings. The Labute approximate surface area is 167 Å². The van der Waals surface area contributed by atoms with Crippen LogP contribution in [0.4, 0.5) is 4.79 Å². The summed E-state index contributed by atoms with van der Waals surface area (Å²) >= 11 is 0. The monoisotopic (exact) mass is 386 g/mol. The highest BCUT2D eigenvalue weighted by atomic mass is 16.6. The first-order valence-corrected chi connectivity index (χ1v) is 9.99. The second-order valence-corrected chi connectivity index (χ2v) is 8.81. The van der Waals surface area contributed by atoms with E-state index in [-0.39, 0.29) is 24.6 Å². The summed E-state index contributed by atoms with van der Waals surface area (Å²) in [6.45, 7) is 10.8. The molecule has 3 heterocycles. The molecule has 0 aromatic heterocycles. The van der Waals surface area contributed by atoms with E-state index in [0.29, 0.717) is 0 Å². The minimum Gasteiger partial charge on any atom is -0.450 e. The average Bonchev–Trinajstić information content (AvgIpc) is 2.87. The molecule has 3 rings (SSSR count). The van der Waals surface area contributed by atoms with E-state index in [0.717, 1.165) is 37.0 Å². The van der Waals surface area contributed by atoms with Crippen LogP contribution in [0, 0.1) is 11.8 Å². The van der Waals surface area contributed by atoms with Gasteiger partial charge in [0, 0.05) is 23.3 Å². The molecule has 1 amide bonds. The molecule has 1 saturated heterocycles. The Morgan fingerprint density at radius 2 is 2.18 bits per heavy atom. The lowest BCUT2D eigenvalue weighted by Gasteiger charge is -2.45. The number of ether oxygens (including phenoxy) is 2. The Hall–Kier alpha value is -2.26.